The summed E-state index contributed by atoms with van der Waals surface area (Å²) < 4.78 is 31.9. The Balaban J connectivity index is 4.19. The predicted molar refractivity (Wildman–Crippen MR) is 30.9 cm³/mol. The van der Waals surface area contributed by atoms with Crippen LogP contribution in [0.15, 0.2) is 0 Å². The van der Waals surface area contributed by atoms with Gasteiger partial charge in [-0.15, -0.1) is 8.78 Å². The van der Waals surface area contributed by atoms with E-state index < -0.39 is 15.1 Å². The van der Waals surface area contributed by atoms with Crippen LogP contribution in [-0.4, -0.2) is 15.1 Å². The van der Waals surface area contributed by atoms with Gasteiger partial charge < -0.3 is 0 Å². The number of nitrogens with zero attached hydrogens (tertiary/aromatic N) is 1. The molecule has 0 aliphatic rings. The molecule has 0 aromatic carbocycles. The fourth-order valence-electron chi connectivity index (χ4n) is 0.0797. The topological polar surface area (TPSA) is 43.1 Å². The summed E-state index contributed by atoms with van der Waals surface area (Å²) in [5.74, 6) is 0. The van der Waals surface area contributed by atoms with E-state index in [1.807, 2.05) is 0 Å². The fourth-order valence-corrected chi connectivity index (χ4v) is 0.307. The Morgan fingerprint density at radius 3 is 2.00 bits per heavy atom. The van der Waals surface area contributed by atoms with Crippen LogP contribution in [-0.2, 0) is 0 Å². The van der Waals surface area contributed by atoms with Crippen LogP contribution in [0, 0.1) is 10.1 Å². The zero-order chi connectivity index (χ0) is 7.65. The lowest BCUT2D eigenvalue weighted by Gasteiger charge is -2.04. The maximum absolute atomic E-state index is 11.6. The van der Waals surface area contributed by atoms with Crippen molar-refractivity contribution >= 4 is 22.6 Å². The van der Waals surface area contributed by atoms with Crippen LogP contribution in [0.25, 0.3) is 0 Å². The summed E-state index contributed by atoms with van der Waals surface area (Å²) in [6.07, 6.45) is 0. The molecule has 0 fully saturated rings. The summed E-state index contributed by atoms with van der Waals surface area (Å²) in [6.45, 7) is 0. The lowest BCUT2D eigenvalue weighted by Crippen LogP contribution is -2.34. The standard InChI is InChI=1S/C2HF3INO2/c3-1(6)2(4,5)7(8)9/h1H. The molecule has 0 rings (SSSR count). The highest BCUT2D eigenvalue weighted by Crippen LogP contribution is 2.26. The zero-order valence-electron chi connectivity index (χ0n) is 3.85. The molecule has 0 aliphatic heterocycles. The van der Waals surface area contributed by atoms with Crippen molar-refractivity contribution in [2.45, 2.75) is 10.2 Å². The van der Waals surface area contributed by atoms with E-state index in [0.29, 0.717) is 22.6 Å². The predicted octanol–water partition coefficient (Wildman–Crippen LogP) is 1.59. The van der Waals surface area contributed by atoms with Crippen molar-refractivity contribution in [3.8, 4) is 0 Å². The first-order valence-corrected chi connectivity index (χ1v) is 2.94. The first kappa shape index (κ1) is 8.92. The summed E-state index contributed by atoms with van der Waals surface area (Å²) >= 11 is 0.642. The van der Waals surface area contributed by atoms with Gasteiger partial charge in [0.2, 0.25) is 0 Å². The third kappa shape index (κ3) is 1.95. The van der Waals surface area contributed by atoms with Crippen LogP contribution in [0.4, 0.5) is 13.2 Å². The molecule has 0 saturated carbocycles. The maximum atomic E-state index is 11.6. The molecule has 0 N–H and O–H groups in total. The molecule has 0 saturated heterocycles. The number of hydrogen-bond acceptors (Lipinski definition) is 2. The van der Waals surface area contributed by atoms with E-state index in [4.69, 9.17) is 0 Å². The Morgan fingerprint density at radius 1 is 1.67 bits per heavy atom. The van der Waals surface area contributed by atoms with Crippen LogP contribution in [0.2, 0.25) is 0 Å². The van der Waals surface area contributed by atoms with Gasteiger partial charge in [-0.2, -0.15) is 0 Å². The molecule has 7 heteroatoms. The molecule has 0 aromatic heterocycles. The monoisotopic (exact) mass is 255 g/mol. The fraction of sp³-hybridized carbons (Fsp3) is 1.00. The second-order valence-corrected chi connectivity index (χ2v) is 2.24. The average molecular weight is 255 g/mol. The molecular formula is C2HF3INO2. The normalized spacial score (nSPS) is 15.1. The van der Waals surface area contributed by atoms with Crippen molar-refractivity contribution in [2.75, 3.05) is 0 Å². The molecule has 0 spiro atoms. The van der Waals surface area contributed by atoms with Gasteiger partial charge in [0.1, 0.15) is 0 Å². The van der Waals surface area contributed by atoms with Crippen molar-refractivity contribution in [3.05, 3.63) is 10.1 Å². The molecule has 0 bridgehead atoms. The largest absolute Gasteiger partial charge is 0.551 e. The maximum Gasteiger partial charge on any atom is 0.551 e. The molecule has 1 unspecified atom stereocenters. The van der Waals surface area contributed by atoms with Crippen LogP contribution >= 0.6 is 22.6 Å². The van der Waals surface area contributed by atoms with Crippen LogP contribution in [0.1, 0.15) is 0 Å². The SMILES string of the molecule is O=[N+]([O-])C(F)(F)C(F)I. The van der Waals surface area contributed by atoms with Gasteiger partial charge in [0, 0.05) is 0 Å². The van der Waals surface area contributed by atoms with E-state index in [2.05, 4.69) is 0 Å². The molecule has 54 valence electrons. The van der Waals surface area contributed by atoms with Gasteiger partial charge in [-0.25, -0.2) is 4.39 Å². The Hall–Kier alpha value is -0.0800. The van der Waals surface area contributed by atoms with E-state index in [1.165, 1.54) is 0 Å². The van der Waals surface area contributed by atoms with Gasteiger partial charge in [-0.3, -0.25) is 10.1 Å². The Labute approximate surface area is 61.5 Å². The van der Waals surface area contributed by atoms with Crippen molar-refractivity contribution in [2.24, 2.45) is 0 Å². The highest BCUT2D eigenvalue weighted by molar-refractivity contribution is 14.1. The third-order valence-corrected chi connectivity index (χ3v) is 1.26. The first-order chi connectivity index (χ1) is 3.89. The molecular weight excluding hydrogens is 254 g/mol. The number of halogens is 4. The smallest absolute Gasteiger partial charge is 0.259 e. The number of nitro groups is 1. The lowest BCUT2D eigenvalue weighted by molar-refractivity contribution is -0.646. The molecule has 9 heavy (non-hydrogen) atoms. The van der Waals surface area contributed by atoms with Gasteiger partial charge >= 0.3 is 6.05 Å². The van der Waals surface area contributed by atoms with E-state index in [1.54, 1.807) is 0 Å². The van der Waals surface area contributed by atoms with Crippen molar-refractivity contribution < 1.29 is 18.1 Å². The average Bonchev–Trinajstić information content (AvgIpc) is 1.65. The third-order valence-electron chi connectivity index (χ3n) is 0.506. The van der Waals surface area contributed by atoms with Gasteiger partial charge in [0.25, 0.3) is 4.18 Å². The summed E-state index contributed by atoms with van der Waals surface area (Å²) in [4.78, 5) is 7.32. The summed E-state index contributed by atoms with van der Waals surface area (Å²) in [5, 5.41) is 9.27. The molecule has 0 heterocycles. The quantitative estimate of drug-likeness (QED) is 0.247. The molecule has 0 aliphatic carbocycles. The van der Waals surface area contributed by atoms with Crippen molar-refractivity contribution in [1.29, 1.82) is 0 Å². The van der Waals surface area contributed by atoms with E-state index in [0.717, 1.165) is 0 Å². The highest BCUT2D eigenvalue weighted by atomic mass is 127. The molecule has 0 aromatic rings. The lowest BCUT2D eigenvalue weighted by atomic mass is 10.6. The summed E-state index contributed by atoms with van der Waals surface area (Å²) in [7, 11) is 0. The number of hydrogen-bond donors (Lipinski definition) is 0. The zero-order valence-corrected chi connectivity index (χ0v) is 6.01. The summed E-state index contributed by atoms with van der Waals surface area (Å²) in [5.41, 5.74) is 0. The second kappa shape index (κ2) is 2.67. The van der Waals surface area contributed by atoms with E-state index in [-0.39, 0.29) is 0 Å². The van der Waals surface area contributed by atoms with Crippen LogP contribution in [0.3, 0.4) is 0 Å². The molecule has 1 atom stereocenters. The van der Waals surface area contributed by atoms with E-state index in [9.17, 15) is 23.3 Å². The van der Waals surface area contributed by atoms with Gasteiger partial charge in [0.15, 0.2) is 0 Å². The molecule has 3 nitrogen and oxygen atoms in total. The highest BCUT2D eigenvalue weighted by Gasteiger charge is 2.52. The van der Waals surface area contributed by atoms with Gasteiger partial charge in [-0.05, 0) is 22.6 Å². The number of alkyl halides is 4. The van der Waals surface area contributed by atoms with Gasteiger partial charge in [-0.1, -0.05) is 0 Å². The molecule has 0 amide bonds. The Morgan fingerprint density at radius 2 is 2.00 bits per heavy atom. The van der Waals surface area contributed by atoms with Crippen molar-refractivity contribution in [3.63, 3.8) is 0 Å². The minimum atomic E-state index is -4.46. The molecule has 0 radical (unpaired) electrons. The Kier molecular flexibility index (Phi) is 2.65. The minimum absolute atomic E-state index is 0.642. The second-order valence-electron chi connectivity index (χ2n) is 1.15. The minimum Gasteiger partial charge on any atom is -0.259 e. The summed E-state index contributed by atoms with van der Waals surface area (Å²) in [6, 6.07) is -4.46. The first-order valence-electron chi connectivity index (χ1n) is 1.69. The Bertz CT molecular complexity index is 127. The van der Waals surface area contributed by atoms with Crippen LogP contribution < -0.4 is 0 Å². The van der Waals surface area contributed by atoms with Crippen molar-refractivity contribution in [1.82, 2.24) is 0 Å². The van der Waals surface area contributed by atoms with Gasteiger partial charge in [0.05, 0.1) is 4.92 Å². The van der Waals surface area contributed by atoms with E-state index >= 15 is 0 Å². The number of rotatable bonds is 2. The van der Waals surface area contributed by atoms with Crippen LogP contribution in [0.5, 0.6) is 0 Å².